The minimum Gasteiger partial charge on any atom is -0.450 e. The van der Waals surface area contributed by atoms with Gasteiger partial charge in [-0.15, -0.1) is 6.58 Å². The molecule has 2 nitrogen and oxygen atoms in total. The van der Waals surface area contributed by atoms with Crippen LogP contribution in [-0.4, -0.2) is 0 Å². The van der Waals surface area contributed by atoms with Crippen LogP contribution in [0.4, 0.5) is 0 Å². The first-order valence-corrected chi connectivity index (χ1v) is 2.96. The zero-order chi connectivity index (χ0) is 7.40. The lowest BCUT2D eigenvalue weighted by Gasteiger charge is -1.83. The second kappa shape index (κ2) is 2.88. The molecule has 0 aliphatic carbocycles. The van der Waals surface area contributed by atoms with Gasteiger partial charge in [0.15, 0.2) is 0 Å². The molecule has 2 heteroatoms. The highest BCUT2D eigenvalue weighted by Crippen LogP contribution is 2.06. The molecular weight excluding hydrogens is 126 g/mol. The van der Waals surface area contributed by atoms with E-state index in [0.29, 0.717) is 12.2 Å². The van der Waals surface area contributed by atoms with Gasteiger partial charge in [0.1, 0.15) is 11.8 Å². The maximum absolute atomic E-state index is 8.35. The topological polar surface area (TPSA) is 36.9 Å². The van der Waals surface area contributed by atoms with Gasteiger partial charge < -0.3 is 4.42 Å². The molecule has 10 heavy (non-hydrogen) atoms. The van der Waals surface area contributed by atoms with Crippen LogP contribution < -0.4 is 0 Å². The van der Waals surface area contributed by atoms with E-state index < -0.39 is 0 Å². The smallest absolute Gasteiger partial charge is 0.203 e. The third-order valence-corrected chi connectivity index (χ3v) is 1.12. The van der Waals surface area contributed by atoms with E-state index in [1.807, 2.05) is 6.07 Å². The van der Waals surface area contributed by atoms with Crippen molar-refractivity contribution in [1.82, 2.24) is 0 Å². The summed E-state index contributed by atoms with van der Waals surface area (Å²) < 4.78 is 5.04. The number of allylic oxidation sites excluding steroid dienone is 1. The van der Waals surface area contributed by atoms with Gasteiger partial charge in [-0.3, -0.25) is 0 Å². The van der Waals surface area contributed by atoms with Crippen LogP contribution in [0.2, 0.25) is 0 Å². The van der Waals surface area contributed by atoms with Gasteiger partial charge in [-0.05, 0) is 12.1 Å². The van der Waals surface area contributed by atoms with Crippen LogP contribution in [0, 0.1) is 11.3 Å². The van der Waals surface area contributed by atoms with Crippen LogP contribution in [0.3, 0.4) is 0 Å². The van der Waals surface area contributed by atoms with E-state index in [1.54, 1.807) is 18.2 Å². The Morgan fingerprint density at radius 3 is 3.00 bits per heavy atom. The molecule has 1 aromatic heterocycles. The van der Waals surface area contributed by atoms with Crippen molar-refractivity contribution < 1.29 is 4.42 Å². The fourth-order valence-electron chi connectivity index (χ4n) is 0.690. The fourth-order valence-corrected chi connectivity index (χ4v) is 0.690. The number of furan rings is 1. The lowest BCUT2D eigenvalue weighted by atomic mass is 10.3. The summed E-state index contributed by atoms with van der Waals surface area (Å²) in [6, 6.07) is 5.33. The molecule has 0 saturated carbocycles. The molecule has 0 radical (unpaired) electrons. The Bertz CT molecular complexity index is 267. The lowest BCUT2D eigenvalue weighted by Crippen LogP contribution is -1.71. The Balaban J connectivity index is 2.80. The van der Waals surface area contributed by atoms with E-state index >= 15 is 0 Å². The van der Waals surface area contributed by atoms with Gasteiger partial charge in [-0.2, -0.15) is 5.26 Å². The molecule has 0 atom stereocenters. The molecule has 0 fully saturated rings. The summed E-state index contributed by atoms with van der Waals surface area (Å²) in [4.78, 5) is 0. The zero-order valence-corrected chi connectivity index (χ0v) is 5.50. The van der Waals surface area contributed by atoms with Gasteiger partial charge in [-0.25, -0.2) is 0 Å². The van der Waals surface area contributed by atoms with Crippen molar-refractivity contribution in [1.29, 1.82) is 5.26 Å². The Hall–Kier alpha value is -1.49. The maximum Gasteiger partial charge on any atom is 0.203 e. The fraction of sp³-hybridized carbons (Fsp3) is 0.125. The monoisotopic (exact) mass is 133 g/mol. The summed E-state index contributed by atoms with van der Waals surface area (Å²) in [7, 11) is 0. The molecule has 0 bridgehead atoms. The highest BCUT2D eigenvalue weighted by Gasteiger charge is 1.96. The minimum atomic E-state index is 0.358. The minimum absolute atomic E-state index is 0.358. The van der Waals surface area contributed by atoms with Gasteiger partial charge in [0, 0.05) is 6.42 Å². The molecule has 0 aliphatic heterocycles. The van der Waals surface area contributed by atoms with Crippen LogP contribution in [0.1, 0.15) is 11.5 Å². The van der Waals surface area contributed by atoms with Gasteiger partial charge in [-0.1, -0.05) is 6.08 Å². The molecule has 0 aliphatic rings. The molecule has 0 amide bonds. The first-order chi connectivity index (χ1) is 4.86. The van der Waals surface area contributed by atoms with E-state index in [0.717, 1.165) is 5.76 Å². The second-order valence-electron chi connectivity index (χ2n) is 1.87. The molecule has 1 heterocycles. The van der Waals surface area contributed by atoms with Gasteiger partial charge in [0.25, 0.3) is 0 Å². The molecule has 0 unspecified atom stereocenters. The van der Waals surface area contributed by atoms with Crippen LogP contribution in [0.15, 0.2) is 29.2 Å². The highest BCUT2D eigenvalue weighted by atomic mass is 16.3. The van der Waals surface area contributed by atoms with Crippen molar-refractivity contribution >= 4 is 0 Å². The van der Waals surface area contributed by atoms with Crippen LogP contribution >= 0.6 is 0 Å². The van der Waals surface area contributed by atoms with Crippen LogP contribution in [0.25, 0.3) is 0 Å². The number of hydrogen-bond donors (Lipinski definition) is 0. The number of rotatable bonds is 2. The number of nitriles is 1. The van der Waals surface area contributed by atoms with Crippen LogP contribution in [0.5, 0.6) is 0 Å². The van der Waals surface area contributed by atoms with Gasteiger partial charge in [0.2, 0.25) is 5.76 Å². The molecule has 0 saturated heterocycles. The van der Waals surface area contributed by atoms with Crippen molar-refractivity contribution in [2.24, 2.45) is 0 Å². The summed E-state index contributed by atoms with van der Waals surface area (Å²) >= 11 is 0. The zero-order valence-electron chi connectivity index (χ0n) is 5.50. The standard InChI is InChI=1S/C8H7NO/c1-2-3-7-4-5-8(6-9)10-7/h2,4-5H,1,3H2. The predicted molar refractivity (Wildman–Crippen MR) is 37.3 cm³/mol. The molecular formula is C8H7NO. The summed E-state index contributed by atoms with van der Waals surface area (Å²) in [5.41, 5.74) is 0. The predicted octanol–water partition coefficient (Wildman–Crippen LogP) is 1.88. The van der Waals surface area contributed by atoms with E-state index in [1.165, 1.54) is 0 Å². The highest BCUT2D eigenvalue weighted by molar-refractivity contribution is 5.19. The van der Waals surface area contributed by atoms with Crippen molar-refractivity contribution in [3.05, 3.63) is 36.3 Å². The Morgan fingerprint density at radius 2 is 2.50 bits per heavy atom. The normalized spacial score (nSPS) is 8.70. The number of nitrogens with zero attached hydrogens (tertiary/aromatic N) is 1. The molecule has 0 N–H and O–H groups in total. The summed E-state index contributed by atoms with van der Waals surface area (Å²) in [5, 5.41) is 8.35. The van der Waals surface area contributed by atoms with E-state index in [4.69, 9.17) is 9.68 Å². The molecule has 1 aromatic rings. The second-order valence-corrected chi connectivity index (χ2v) is 1.87. The average molecular weight is 133 g/mol. The van der Waals surface area contributed by atoms with Crippen molar-refractivity contribution in [3.63, 3.8) is 0 Å². The summed E-state index contributed by atoms with van der Waals surface area (Å²) in [5.74, 6) is 1.14. The van der Waals surface area contributed by atoms with Gasteiger partial charge >= 0.3 is 0 Å². The van der Waals surface area contributed by atoms with Crippen LogP contribution in [-0.2, 0) is 6.42 Å². The van der Waals surface area contributed by atoms with Gasteiger partial charge in [0.05, 0.1) is 0 Å². The van der Waals surface area contributed by atoms with Crippen molar-refractivity contribution in [2.45, 2.75) is 6.42 Å². The first kappa shape index (κ1) is 6.63. The Kier molecular flexibility index (Phi) is 1.91. The maximum atomic E-state index is 8.35. The molecule has 0 spiro atoms. The third kappa shape index (κ3) is 1.26. The third-order valence-electron chi connectivity index (χ3n) is 1.12. The molecule has 50 valence electrons. The first-order valence-electron chi connectivity index (χ1n) is 2.96. The summed E-state index contributed by atoms with van der Waals surface area (Å²) in [6.07, 6.45) is 2.42. The Labute approximate surface area is 59.4 Å². The quantitative estimate of drug-likeness (QED) is 0.577. The lowest BCUT2D eigenvalue weighted by molar-refractivity contribution is 0.511. The van der Waals surface area contributed by atoms with E-state index in [-0.39, 0.29) is 0 Å². The summed E-state index contributed by atoms with van der Waals surface area (Å²) in [6.45, 7) is 3.55. The van der Waals surface area contributed by atoms with Crippen molar-refractivity contribution in [3.8, 4) is 6.07 Å². The van der Waals surface area contributed by atoms with E-state index in [9.17, 15) is 0 Å². The van der Waals surface area contributed by atoms with Crippen molar-refractivity contribution in [2.75, 3.05) is 0 Å². The Morgan fingerprint density at radius 1 is 1.70 bits per heavy atom. The SMILES string of the molecule is C=CCc1ccc(C#N)o1. The molecule has 1 rings (SSSR count). The number of hydrogen-bond acceptors (Lipinski definition) is 2. The van der Waals surface area contributed by atoms with E-state index in [2.05, 4.69) is 6.58 Å². The average Bonchev–Trinajstić information content (AvgIpc) is 2.37. The largest absolute Gasteiger partial charge is 0.450 e. The molecule has 0 aromatic carbocycles.